The fourth-order valence-electron chi connectivity index (χ4n) is 3.06. The van der Waals surface area contributed by atoms with E-state index in [9.17, 15) is 4.79 Å². The van der Waals surface area contributed by atoms with Crippen LogP contribution >= 0.6 is 11.3 Å². The van der Waals surface area contributed by atoms with Gasteiger partial charge < -0.3 is 15.1 Å². The van der Waals surface area contributed by atoms with E-state index in [1.807, 2.05) is 18.1 Å². The van der Waals surface area contributed by atoms with Gasteiger partial charge in [-0.15, -0.1) is 11.3 Å². The summed E-state index contributed by atoms with van der Waals surface area (Å²) in [6.45, 7) is 6.86. The third kappa shape index (κ3) is 3.90. The van der Waals surface area contributed by atoms with Crippen LogP contribution in [-0.4, -0.2) is 59.8 Å². The summed E-state index contributed by atoms with van der Waals surface area (Å²) in [6.07, 6.45) is 3.59. The number of carbonyl (C=O) groups is 1. The standard InChI is InChI=1S/C18H26N6OS/c1-18(2,15-6-5-9-26-15)13-20-17(19-3)23-7-8-24(16(25)12-23)14-10-21-22(4)11-14/h5-6,9-11H,7-8,12-13H2,1-4H3,(H,19,20). The Balaban J connectivity index is 1.61. The highest BCUT2D eigenvalue weighted by Gasteiger charge is 2.29. The molecular weight excluding hydrogens is 348 g/mol. The molecule has 0 spiro atoms. The maximum atomic E-state index is 12.6. The number of guanidine groups is 1. The molecule has 140 valence electrons. The zero-order chi connectivity index (χ0) is 18.7. The number of aliphatic imine (C=N–C) groups is 1. The molecule has 0 radical (unpaired) electrons. The molecule has 3 heterocycles. The summed E-state index contributed by atoms with van der Waals surface area (Å²) in [6, 6.07) is 4.23. The predicted octanol–water partition coefficient (Wildman–Crippen LogP) is 1.68. The van der Waals surface area contributed by atoms with E-state index in [0.29, 0.717) is 13.1 Å². The zero-order valence-corrected chi connectivity index (χ0v) is 16.6. The Kier molecular flexibility index (Phi) is 5.31. The summed E-state index contributed by atoms with van der Waals surface area (Å²) in [5.74, 6) is 0.832. The van der Waals surface area contributed by atoms with Gasteiger partial charge in [-0.25, -0.2) is 0 Å². The van der Waals surface area contributed by atoms with Crippen molar-refractivity contribution in [2.45, 2.75) is 19.3 Å². The number of amides is 1. The molecular formula is C18H26N6OS. The highest BCUT2D eigenvalue weighted by atomic mass is 32.1. The highest BCUT2D eigenvalue weighted by Crippen LogP contribution is 2.26. The Morgan fingerprint density at radius 3 is 2.81 bits per heavy atom. The van der Waals surface area contributed by atoms with Gasteiger partial charge in [0.1, 0.15) is 6.54 Å². The SMILES string of the molecule is CN=C(NCC(C)(C)c1cccs1)N1CCN(c2cnn(C)c2)C(=O)C1. The molecule has 0 bridgehead atoms. The molecule has 8 heteroatoms. The Labute approximate surface area is 158 Å². The van der Waals surface area contributed by atoms with Gasteiger partial charge >= 0.3 is 0 Å². The lowest BCUT2D eigenvalue weighted by Gasteiger charge is -2.36. The van der Waals surface area contributed by atoms with Crippen LogP contribution < -0.4 is 10.2 Å². The van der Waals surface area contributed by atoms with Crippen LogP contribution in [0.3, 0.4) is 0 Å². The molecule has 7 nitrogen and oxygen atoms in total. The summed E-state index contributed by atoms with van der Waals surface area (Å²) >= 11 is 1.76. The van der Waals surface area contributed by atoms with E-state index >= 15 is 0 Å². The van der Waals surface area contributed by atoms with E-state index in [-0.39, 0.29) is 11.3 Å². The Morgan fingerprint density at radius 1 is 1.42 bits per heavy atom. The van der Waals surface area contributed by atoms with Gasteiger partial charge in [0.05, 0.1) is 11.9 Å². The average Bonchev–Trinajstić information content (AvgIpc) is 3.27. The first-order valence-corrected chi connectivity index (χ1v) is 9.57. The molecule has 1 aliphatic heterocycles. The molecule has 0 atom stereocenters. The molecule has 26 heavy (non-hydrogen) atoms. The van der Waals surface area contributed by atoms with Crippen molar-refractivity contribution in [3.8, 4) is 0 Å². The molecule has 0 aromatic carbocycles. The molecule has 1 N–H and O–H groups in total. The van der Waals surface area contributed by atoms with E-state index in [1.54, 1.807) is 34.2 Å². The quantitative estimate of drug-likeness (QED) is 0.653. The minimum absolute atomic E-state index is 0.00560. The molecule has 1 fully saturated rings. The summed E-state index contributed by atoms with van der Waals surface area (Å²) < 4.78 is 1.71. The maximum Gasteiger partial charge on any atom is 0.246 e. The van der Waals surface area contributed by atoms with Crippen LogP contribution in [0, 0.1) is 0 Å². The van der Waals surface area contributed by atoms with E-state index in [2.05, 4.69) is 46.8 Å². The van der Waals surface area contributed by atoms with E-state index in [4.69, 9.17) is 0 Å². The second-order valence-corrected chi connectivity index (χ2v) is 8.05. The van der Waals surface area contributed by atoms with Crippen molar-refractivity contribution in [2.24, 2.45) is 12.0 Å². The van der Waals surface area contributed by atoms with Gasteiger partial charge in [-0.05, 0) is 11.4 Å². The summed E-state index contributed by atoms with van der Waals surface area (Å²) in [4.78, 5) is 22.1. The lowest BCUT2D eigenvalue weighted by molar-refractivity contribution is -0.120. The molecule has 2 aromatic rings. The molecule has 1 aliphatic rings. The number of aryl methyl sites for hydroxylation is 1. The smallest absolute Gasteiger partial charge is 0.246 e. The number of anilines is 1. The summed E-state index contributed by atoms with van der Waals surface area (Å²) in [5, 5.41) is 9.69. The molecule has 0 saturated carbocycles. The number of piperazine rings is 1. The molecule has 3 rings (SSSR count). The fraction of sp³-hybridized carbons (Fsp3) is 0.500. The fourth-order valence-corrected chi connectivity index (χ4v) is 3.91. The van der Waals surface area contributed by atoms with Gasteiger partial charge in [0.2, 0.25) is 5.91 Å². The van der Waals surface area contributed by atoms with Crippen molar-refractivity contribution in [2.75, 3.05) is 38.1 Å². The van der Waals surface area contributed by atoms with E-state index in [0.717, 1.165) is 24.7 Å². The van der Waals surface area contributed by atoms with Gasteiger partial charge in [0, 0.05) is 50.2 Å². The van der Waals surface area contributed by atoms with Crippen LogP contribution in [0.25, 0.3) is 0 Å². The Bertz CT molecular complexity index is 779. The molecule has 2 aromatic heterocycles. The second kappa shape index (κ2) is 7.49. The van der Waals surface area contributed by atoms with Crippen molar-refractivity contribution in [1.82, 2.24) is 20.0 Å². The average molecular weight is 375 g/mol. The van der Waals surface area contributed by atoms with Crippen molar-refractivity contribution in [3.05, 3.63) is 34.8 Å². The zero-order valence-electron chi connectivity index (χ0n) is 15.8. The summed E-state index contributed by atoms with van der Waals surface area (Å²) in [7, 11) is 3.61. The number of rotatable bonds is 4. The van der Waals surface area contributed by atoms with E-state index < -0.39 is 0 Å². The number of aromatic nitrogens is 2. The maximum absolute atomic E-state index is 12.6. The van der Waals surface area contributed by atoms with Gasteiger partial charge in [0.15, 0.2) is 5.96 Å². The predicted molar refractivity (Wildman–Crippen MR) is 106 cm³/mol. The van der Waals surface area contributed by atoms with Crippen LogP contribution in [0.4, 0.5) is 5.69 Å². The van der Waals surface area contributed by atoms with Crippen molar-refractivity contribution < 1.29 is 4.79 Å². The van der Waals surface area contributed by atoms with Crippen LogP contribution in [-0.2, 0) is 17.3 Å². The Morgan fingerprint density at radius 2 is 2.23 bits per heavy atom. The van der Waals surface area contributed by atoms with E-state index in [1.165, 1.54) is 4.88 Å². The number of thiophene rings is 1. The topological polar surface area (TPSA) is 65.8 Å². The first-order valence-electron chi connectivity index (χ1n) is 8.69. The normalized spacial score (nSPS) is 16.3. The van der Waals surface area contributed by atoms with Crippen LogP contribution in [0.2, 0.25) is 0 Å². The monoisotopic (exact) mass is 374 g/mol. The number of carbonyl (C=O) groups excluding carboxylic acids is 1. The van der Waals surface area contributed by atoms with Gasteiger partial charge in [-0.3, -0.25) is 14.5 Å². The van der Waals surface area contributed by atoms with Crippen molar-refractivity contribution in [3.63, 3.8) is 0 Å². The van der Waals surface area contributed by atoms with Crippen molar-refractivity contribution >= 4 is 28.9 Å². The van der Waals surface area contributed by atoms with Gasteiger partial charge in [-0.1, -0.05) is 19.9 Å². The number of nitrogens with zero attached hydrogens (tertiary/aromatic N) is 5. The largest absolute Gasteiger partial charge is 0.355 e. The van der Waals surface area contributed by atoms with Crippen LogP contribution in [0.1, 0.15) is 18.7 Å². The second-order valence-electron chi connectivity index (χ2n) is 7.10. The molecule has 1 amide bonds. The first-order chi connectivity index (χ1) is 12.4. The minimum Gasteiger partial charge on any atom is -0.355 e. The van der Waals surface area contributed by atoms with Crippen molar-refractivity contribution in [1.29, 1.82) is 0 Å². The third-order valence-corrected chi connectivity index (χ3v) is 5.85. The van der Waals surface area contributed by atoms with Crippen LogP contribution in [0.5, 0.6) is 0 Å². The van der Waals surface area contributed by atoms with Gasteiger partial charge in [-0.2, -0.15) is 5.10 Å². The minimum atomic E-state index is 0.00560. The number of hydrogen-bond donors (Lipinski definition) is 1. The molecule has 0 unspecified atom stereocenters. The van der Waals surface area contributed by atoms with Crippen LogP contribution in [0.15, 0.2) is 34.9 Å². The number of hydrogen-bond acceptors (Lipinski definition) is 4. The summed E-state index contributed by atoms with van der Waals surface area (Å²) in [5.41, 5.74) is 0.852. The lowest BCUT2D eigenvalue weighted by Crippen LogP contribution is -2.56. The molecule has 1 saturated heterocycles. The highest BCUT2D eigenvalue weighted by molar-refractivity contribution is 7.10. The third-order valence-electron chi connectivity index (χ3n) is 4.61. The number of nitrogens with one attached hydrogen (secondary N) is 1. The van der Waals surface area contributed by atoms with Gasteiger partial charge in [0.25, 0.3) is 0 Å². The Hall–Kier alpha value is -2.35. The molecule has 0 aliphatic carbocycles. The first kappa shape index (κ1) is 18.4. The lowest BCUT2D eigenvalue weighted by atomic mass is 9.91.